The molecule has 0 bridgehead atoms. The minimum absolute atomic E-state index is 0.0475. The monoisotopic (exact) mass is 406 g/mol. The first-order valence-corrected chi connectivity index (χ1v) is 12.2. The van der Waals surface area contributed by atoms with Crippen LogP contribution in [0.3, 0.4) is 0 Å². The van der Waals surface area contributed by atoms with Gasteiger partial charge in [-0.15, -0.1) is 0 Å². The van der Waals surface area contributed by atoms with Crippen molar-refractivity contribution < 1.29 is 15.3 Å². The minimum atomic E-state index is -0.276. The molecular weight excluding hydrogens is 360 g/mol. The molecule has 0 spiro atoms. The summed E-state index contributed by atoms with van der Waals surface area (Å²) in [6, 6.07) is 0. The highest BCUT2D eigenvalue weighted by Gasteiger charge is 2.70. The van der Waals surface area contributed by atoms with Crippen LogP contribution in [0.2, 0.25) is 0 Å². The summed E-state index contributed by atoms with van der Waals surface area (Å²) in [7, 11) is 0. The smallest absolute Gasteiger partial charge is 0.0594 e. The molecule has 0 radical (unpaired) electrons. The van der Waals surface area contributed by atoms with Gasteiger partial charge >= 0.3 is 0 Å². The number of fused-ring (bicyclic) bond motifs is 5. The van der Waals surface area contributed by atoms with Gasteiger partial charge in [0.2, 0.25) is 0 Å². The van der Waals surface area contributed by atoms with Crippen LogP contribution in [0.4, 0.5) is 0 Å². The molecular formula is C26H46O3. The molecule has 0 saturated heterocycles. The Balaban J connectivity index is 1.75. The first kappa shape index (κ1) is 22.1. The third-order valence-electron chi connectivity index (χ3n) is 11.8. The van der Waals surface area contributed by atoms with Crippen LogP contribution in [0.15, 0.2) is 0 Å². The molecule has 3 N–H and O–H groups in total. The van der Waals surface area contributed by atoms with Crippen molar-refractivity contribution >= 4 is 0 Å². The second kappa shape index (κ2) is 6.45. The van der Waals surface area contributed by atoms with E-state index in [-0.39, 0.29) is 51.8 Å². The highest BCUT2D eigenvalue weighted by atomic mass is 16.3. The predicted octanol–water partition coefficient (Wildman–Crippen LogP) is 5.02. The summed E-state index contributed by atoms with van der Waals surface area (Å²) in [6.07, 6.45) is 7.09. The summed E-state index contributed by atoms with van der Waals surface area (Å²) < 4.78 is 0. The molecule has 4 rings (SSSR count). The predicted molar refractivity (Wildman–Crippen MR) is 117 cm³/mol. The summed E-state index contributed by atoms with van der Waals surface area (Å²) in [4.78, 5) is 0. The van der Waals surface area contributed by atoms with Gasteiger partial charge in [-0.2, -0.15) is 0 Å². The van der Waals surface area contributed by atoms with Crippen LogP contribution in [0, 0.1) is 50.7 Å². The van der Waals surface area contributed by atoms with Crippen LogP contribution in [0.1, 0.15) is 93.4 Å². The van der Waals surface area contributed by atoms with Crippen molar-refractivity contribution in [2.75, 3.05) is 6.61 Å². The molecule has 4 aliphatic rings. The standard InChI is InChI=1S/C26H46O3/c1-22(2,15-27)16-8-12-26(7)21(16)17(28)14-19-24(5)11-10-20(29)23(3,4)18(24)9-13-25(19,26)6/h16-21,27-29H,8-15H2,1-7H3/t16?,17?,18?,19?,20?,21?,24?,25?,26-/m1/s1. The molecule has 8 unspecified atom stereocenters. The Kier molecular flexibility index (Phi) is 4.91. The highest BCUT2D eigenvalue weighted by molar-refractivity contribution is 5.19. The molecule has 0 amide bonds. The number of hydrogen-bond acceptors (Lipinski definition) is 3. The van der Waals surface area contributed by atoms with E-state index in [9.17, 15) is 15.3 Å². The van der Waals surface area contributed by atoms with E-state index in [1.54, 1.807) is 0 Å². The van der Waals surface area contributed by atoms with Gasteiger partial charge in [-0.05, 0) is 95.7 Å². The third-order valence-corrected chi connectivity index (χ3v) is 11.8. The molecule has 4 aliphatic carbocycles. The Labute approximate surface area is 178 Å². The molecule has 4 saturated carbocycles. The van der Waals surface area contributed by atoms with Crippen molar-refractivity contribution in [3.63, 3.8) is 0 Å². The van der Waals surface area contributed by atoms with Gasteiger partial charge in [-0.25, -0.2) is 0 Å². The molecule has 0 aromatic rings. The van der Waals surface area contributed by atoms with Crippen LogP contribution in [0.5, 0.6) is 0 Å². The van der Waals surface area contributed by atoms with Gasteiger partial charge in [0.1, 0.15) is 0 Å². The topological polar surface area (TPSA) is 60.7 Å². The van der Waals surface area contributed by atoms with Gasteiger partial charge in [0, 0.05) is 6.61 Å². The fourth-order valence-electron chi connectivity index (χ4n) is 9.74. The minimum Gasteiger partial charge on any atom is -0.396 e. The maximum Gasteiger partial charge on any atom is 0.0594 e. The van der Waals surface area contributed by atoms with Crippen molar-refractivity contribution in [3.8, 4) is 0 Å². The molecule has 168 valence electrons. The van der Waals surface area contributed by atoms with E-state index in [1.165, 1.54) is 19.3 Å². The van der Waals surface area contributed by atoms with Gasteiger partial charge < -0.3 is 15.3 Å². The molecule has 0 heterocycles. The second-order valence-electron chi connectivity index (χ2n) is 13.5. The van der Waals surface area contributed by atoms with Crippen molar-refractivity contribution in [2.45, 2.75) is 106 Å². The summed E-state index contributed by atoms with van der Waals surface area (Å²) >= 11 is 0. The Bertz CT molecular complexity index is 656. The van der Waals surface area contributed by atoms with Crippen LogP contribution in [0.25, 0.3) is 0 Å². The average molecular weight is 407 g/mol. The van der Waals surface area contributed by atoms with Crippen molar-refractivity contribution in [1.82, 2.24) is 0 Å². The molecule has 9 atom stereocenters. The van der Waals surface area contributed by atoms with E-state index in [2.05, 4.69) is 48.5 Å². The zero-order valence-corrected chi connectivity index (χ0v) is 20.0. The molecule has 0 aromatic carbocycles. The average Bonchev–Trinajstić information content (AvgIpc) is 3.02. The first-order chi connectivity index (χ1) is 13.3. The number of aliphatic hydroxyl groups excluding tert-OH is 3. The summed E-state index contributed by atoms with van der Waals surface area (Å²) in [5.74, 6) is 1.71. The summed E-state index contributed by atoms with van der Waals surface area (Å²) in [5, 5.41) is 32.4. The van der Waals surface area contributed by atoms with Crippen molar-refractivity contribution in [2.24, 2.45) is 50.7 Å². The molecule has 29 heavy (non-hydrogen) atoms. The van der Waals surface area contributed by atoms with E-state index < -0.39 is 0 Å². The highest BCUT2D eigenvalue weighted by Crippen LogP contribution is 2.76. The zero-order valence-electron chi connectivity index (χ0n) is 20.0. The first-order valence-electron chi connectivity index (χ1n) is 12.2. The molecule has 0 aliphatic heterocycles. The van der Waals surface area contributed by atoms with Crippen LogP contribution in [-0.2, 0) is 0 Å². The Morgan fingerprint density at radius 3 is 2.07 bits per heavy atom. The maximum atomic E-state index is 11.6. The Morgan fingerprint density at radius 1 is 0.828 bits per heavy atom. The van der Waals surface area contributed by atoms with E-state index in [4.69, 9.17) is 0 Å². The molecule has 0 aromatic heterocycles. The lowest BCUT2D eigenvalue weighted by Crippen LogP contribution is -2.66. The lowest BCUT2D eigenvalue weighted by Gasteiger charge is -2.70. The van der Waals surface area contributed by atoms with Crippen molar-refractivity contribution in [3.05, 3.63) is 0 Å². The zero-order chi connectivity index (χ0) is 21.6. The van der Waals surface area contributed by atoms with Gasteiger partial charge in [0.15, 0.2) is 0 Å². The van der Waals surface area contributed by atoms with E-state index >= 15 is 0 Å². The van der Waals surface area contributed by atoms with Crippen LogP contribution in [-0.4, -0.2) is 34.1 Å². The second-order valence-corrected chi connectivity index (χ2v) is 13.5. The largest absolute Gasteiger partial charge is 0.396 e. The number of rotatable bonds is 2. The van der Waals surface area contributed by atoms with Gasteiger partial charge in [0.05, 0.1) is 12.2 Å². The summed E-state index contributed by atoms with van der Waals surface area (Å²) in [5.41, 5.74) is 0.357. The Hall–Kier alpha value is -0.120. The molecule has 3 nitrogen and oxygen atoms in total. The maximum absolute atomic E-state index is 11.6. The molecule has 3 heteroatoms. The fourth-order valence-corrected chi connectivity index (χ4v) is 9.74. The molecule has 4 fully saturated rings. The van der Waals surface area contributed by atoms with Gasteiger partial charge in [-0.3, -0.25) is 0 Å². The van der Waals surface area contributed by atoms with Crippen LogP contribution >= 0.6 is 0 Å². The number of aliphatic hydroxyl groups is 3. The third kappa shape index (κ3) is 2.65. The lowest BCUT2D eigenvalue weighted by molar-refractivity contribution is -0.244. The van der Waals surface area contributed by atoms with Crippen LogP contribution < -0.4 is 0 Å². The normalized spacial score (nSPS) is 54.4. The van der Waals surface area contributed by atoms with Gasteiger partial charge in [-0.1, -0.05) is 48.5 Å². The quantitative estimate of drug-likeness (QED) is 0.603. The van der Waals surface area contributed by atoms with E-state index in [0.29, 0.717) is 17.8 Å². The fraction of sp³-hybridized carbons (Fsp3) is 1.00. The number of hydrogen-bond donors (Lipinski definition) is 3. The SMILES string of the molecule is CC(C)(CO)C1CC[C@]2(C)C1C(O)CC1C3(C)CCC(O)C(C)(C)C3CCC12C. The Morgan fingerprint density at radius 2 is 1.45 bits per heavy atom. The van der Waals surface area contributed by atoms with E-state index in [0.717, 1.165) is 25.7 Å². The lowest BCUT2D eigenvalue weighted by atomic mass is 9.35. The summed E-state index contributed by atoms with van der Waals surface area (Å²) in [6.45, 7) is 16.7. The van der Waals surface area contributed by atoms with Gasteiger partial charge in [0.25, 0.3) is 0 Å². The van der Waals surface area contributed by atoms with Crippen molar-refractivity contribution in [1.29, 1.82) is 0 Å². The van der Waals surface area contributed by atoms with E-state index in [1.807, 2.05) is 0 Å².